The molecule has 244 valence electrons. The SMILES string of the molecule is CCC(=O)c1ccc(CC)cc1.CS(=O)(=O)c1ccc(C(=O)CBr)cc1.O=C(CBr)c1ccccc1.O=C(CBr)c1ccccc1. The van der Waals surface area contributed by atoms with Gasteiger partial charge < -0.3 is 0 Å². The Labute approximate surface area is 297 Å². The van der Waals surface area contributed by atoms with Crippen molar-refractivity contribution in [2.75, 3.05) is 22.2 Å². The van der Waals surface area contributed by atoms with Gasteiger partial charge in [-0.3, -0.25) is 19.2 Å². The van der Waals surface area contributed by atoms with Gasteiger partial charge in [0.05, 0.1) is 20.9 Å². The number of ketones is 4. The first-order valence-electron chi connectivity index (χ1n) is 14.2. The Morgan fingerprint density at radius 2 is 0.826 bits per heavy atom. The Bertz CT molecular complexity index is 1570. The second-order valence-corrected chi connectivity index (χ2v) is 13.2. The molecule has 0 bridgehead atoms. The first kappa shape index (κ1) is 41.0. The molecule has 0 aliphatic rings. The van der Waals surface area contributed by atoms with Gasteiger partial charge in [-0.15, -0.1) is 0 Å². The molecule has 0 fully saturated rings. The van der Waals surface area contributed by atoms with E-state index in [1.807, 2.05) is 91.9 Å². The van der Waals surface area contributed by atoms with Crippen LogP contribution in [-0.4, -0.2) is 53.8 Å². The summed E-state index contributed by atoms with van der Waals surface area (Å²) in [5.41, 5.74) is 4.14. The van der Waals surface area contributed by atoms with Crippen LogP contribution < -0.4 is 0 Å². The average Bonchev–Trinajstić information content (AvgIpc) is 3.11. The number of sulfone groups is 1. The summed E-state index contributed by atoms with van der Waals surface area (Å²) in [7, 11) is -3.18. The van der Waals surface area contributed by atoms with Gasteiger partial charge in [0.2, 0.25) is 0 Å². The fourth-order valence-corrected chi connectivity index (χ4v) is 5.10. The molecule has 0 aromatic heterocycles. The van der Waals surface area contributed by atoms with Crippen molar-refractivity contribution in [1.82, 2.24) is 0 Å². The molecule has 4 rings (SSSR count). The van der Waals surface area contributed by atoms with E-state index in [1.54, 1.807) is 0 Å². The minimum Gasteiger partial charge on any atom is -0.294 e. The van der Waals surface area contributed by atoms with E-state index in [0.717, 1.165) is 29.4 Å². The van der Waals surface area contributed by atoms with E-state index in [4.69, 9.17) is 0 Å². The largest absolute Gasteiger partial charge is 0.294 e. The Hall–Kier alpha value is -3.05. The maximum absolute atomic E-state index is 11.2. The van der Waals surface area contributed by atoms with Crippen molar-refractivity contribution in [3.8, 4) is 0 Å². The maximum Gasteiger partial charge on any atom is 0.175 e. The maximum atomic E-state index is 11.2. The summed E-state index contributed by atoms with van der Waals surface area (Å²) < 4.78 is 22.2. The van der Waals surface area contributed by atoms with Gasteiger partial charge in [0.15, 0.2) is 33.0 Å². The number of hydrogen-bond donors (Lipinski definition) is 0. The van der Waals surface area contributed by atoms with E-state index in [9.17, 15) is 27.6 Å². The number of benzene rings is 4. The van der Waals surface area contributed by atoms with Crippen molar-refractivity contribution in [3.63, 3.8) is 0 Å². The van der Waals surface area contributed by atoms with E-state index in [-0.39, 0.29) is 33.4 Å². The highest BCUT2D eigenvalue weighted by Gasteiger charge is 2.08. The van der Waals surface area contributed by atoms with Crippen LogP contribution in [0, 0.1) is 0 Å². The third-order valence-electron chi connectivity index (χ3n) is 6.17. The number of carbonyl (C=O) groups is 4. The fraction of sp³-hybridized carbons (Fsp3) is 0.222. The van der Waals surface area contributed by atoms with Gasteiger partial charge in [-0.2, -0.15) is 0 Å². The summed E-state index contributed by atoms with van der Waals surface area (Å²) in [6, 6.07) is 32.2. The molecule has 0 atom stereocenters. The molecule has 0 aliphatic heterocycles. The summed E-state index contributed by atoms with van der Waals surface area (Å²) in [6.07, 6.45) is 2.75. The van der Waals surface area contributed by atoms with Gasteiger partial charge in [-0.1, -0.05) is 159 Å². The van der Waals surface area contributed by atoms with Crippen LogP contribution in [0.25, 0.3) is 0 Å². The molecule has 0 saturated carbocycles. The number of carbonyl (C=O) groups excluding carboxylic acids is 4. The van der Waals surface area contributed by atoms with Crippen LogP contribution in [0.4, 0.5) is 0 Å². The molecule has 10 heteroatoms. The zero-order chi connectivity index (χ0) is 34.5. The second kappa shape index (κ2) is 22.5. The number of halogens is 3. The van der Waals surface area contributed by atoms with Crippen LogP contribution >= 0.6 is 47.8 Å². The lowest BCUT2D eigenvalue weighted by Crippen LogP contribution is -2.01. The predicted molar refractivity (Wildman–Crippen MR) is 197 cm³/mol. The standard InChI is InChI=1S/C11H14O.C9H9BrO3S.2C8H7BrO/c1-3-9-5-7-10(8-6-9)11(12)4-2;1-14(12,13)8-4-2-7(3-5-8)9(11)6-10;2*9-6-8(10)7-4-2-1-3-5-7/h5-8H,3-4H2,1-2H3;2-5H,6H2,1H3;2*1-5H,6H2. The molecular formula is C36H37Br3O6S. The minimum atomic E-state index is -3.18. The van der Waals surface area contributed by atoms with E-state index < -0.39 is 9.84 Å². The van der Waals surface area contributed by atoms with Crippen molar-refractivity contribution in [2.45, 2.75) is 31.6 Å². The summed E-state index contributed by atoms with van der Waals surface area (Å²) in [5, 5.41) is 1.04. The smallest absolute Gasteiger partial charge is 0.175 e. The zero-order valence-corrected chi connectivity index (χ0v) is 31.5. The van der Waals surface area contributed by atoms with Gasteiger partial charge in [0, 0.05) is 34.9 Å². The summed E-state index contributed by atoms with van der Waals surface area (Å²) in [4.78, 5) is 44.5. The molecule has 6 nitrogen and oxygen atoms in total. The molecule has 4 aromatic rings. The van der Waals surface area contributed by atoms with Crippen molar-refractivity contribution in [2.24, 2.45) is 0 Å². The number of alkyl halides is 3. The fourth-order valence-electron chi connectivity index (χ4n) is 3.50. The highest BCUT2D eigenvalue weighted by molar-refractivity contribution is 9.09. The summed E-state index contributed by atoms with van der Waals surface area (Å²) in [6.45, 7) is 3.99. The van der Waals surface area contributed by atoms with Crippen LogP contribution in [-0.2, 0) is 16.3 Å². The van der Waals surface area contributed by atoms with Crippen LogP contribution in [0.5, 0.6) is 0 Å². The molecule has 0 saturated heterocycles. The van der Waals surface area contributed by atoms with Crippen LogP contribution in [0.1, 0.15) is 67.3 Å². The van der Waals surface area contributed by atoms with Gasteiger partial charge in [0.1, 0.15) is 0 Å². The topological polar surface area (TPSA) is 102 Å². The molecule has 0 aliphatic carbocycles. The lowest BCUT2D eigenvalue weighted by molar-refractivity contribution is 0.0984. The summed E-state index contributed by atoms with van der Waals surface area (Å²) in [5.74, 6) is 0.406. The molecule has 0 spiro atoms. The Balaban J connectivity index is 0.000000310. The van der Waals surface area contributed by atoms with Crippen LogP contribution in [0.2, 0.25) is 0 Å². The lowest BCUT2D eigenvalue weighted by Gasteiger charge is -1.99. The zero-order valence-electron chi connectivity index (χ0n) is 25.9. The van der Waals surface area contributed by atoms with Crippen molar-refractivity contribution >= 4 is 80.8 Å². The van der Waals surface area contributed by atoms with Gasteiger partial charge in [0.25, 0.3) is 0 Å². The second-order valence-electron chi connectivity index (χ2n) is 9.53. The van der Waals surface area contributed by atoms with Gasteiger partial charge in [-0.05, 0) is 24.1 Å². The summed E-state index contributed by atoms with van der Waals surface area (Å²) >= 11 is 9.25. The van der Waals surface area contributed by atoms with E-state index in [1.165, 1.54) is 29.8 Å². The third-order valence-corrected chi connectivity index (χ3v) is 8.82. The molecule has 0 unspecified atom stereocenters. The highest BCUT2D eigenvalue weighted by atomic mass is 79.9. The quantitative estimate of drug-likeness (QED) is 0.117. The minimum absolute atomic E-state index is 0.0648. The molecule has 0 heterocycles. The van der Waals surface area contributed by atoms with Crippen LogP contribution in [0.15, 0.2) is 114 Å². The number of Topliss-reactive ketones (excluding diaryl/α,β-unsaturated/α-hetero) is 4. The molecule has 0 radical (unpaired) electrons. The molecular weight excluding hydrogens is 800 g/mol. The number of hydrogen-bond acceptors (Lipinski definition) is 6. The van der Waals surface area contributed by atoms with Crippen molar-refractivity contribution in [1.29, 1.82) is 0 Å². The Morgan fingerprint density at radius 1 is 0.500 bits per heavy atom. The normalized spacial score (nSPS) is 10.0. The third kappa shape index (κ3) is 15.5. The Morgan fingerprint density at radius 3 is 1.13 bits per heavy atom. The van der Waals surface area contributed by atoms with Gasteiger partial charge >= 0.3 is 0 Å². The first-order chi connectivity index (χ1) is 21.9. The Kier molecular flexibility index (Phi) is 20.0. The predicted octanol–water partition coefficient (Wildman–Crippen LogP) is 9.04. The number of rotatable bonds is 10. The highest BCUT2D eigenvalue weighted by Crippen LogP contribution is 2.11. The molecule has 0 N–H and O–H groups in total. The molecule has 0 amide bonds. The van der Waals surface area contributed by atoms with Crippen LogP contribution in [0.3, 0.4) is 0 Å². The monoisotopic (exact) mass is 834 g/mol. The average molecular weight is 837 g/mol. The molecule has 46 heavy (non-hydrogen) atoms. The van der Waals surface area contributed by atoms with Crippen molar-refractivity contribution in [3.05, 3.63) is 137 Å². The van der Waals surface area contributed by atoms with Gasteiger partial charge in [-0.25, -0.2) is 8.42 Å². The number of aryl methyl sites for hydroxylation is 1. The lowest BCUT2D eigenvalue weighted by atomic mass is 10.1. The van der Waals surface area contributed by atoms with E-state index in [2.05, 4.69) is 54.7 Å². The van der Waals surface area contributed by atoms with E-state index in [0.29, 0.717) is 22.6 Å². The molecule has 4 aromatic carbocycles. The van der Waals surface area contributed by atoms with Crippen molar-refractivity contribution < 1.29 is 27.6 Å². The van der Waals surface area contributed by atoms with E-state index >= 15 is 0 Å². The first-order valence-corrected chi connectivity index (χ1v) is 19.5.